The molecule has 2 aliphatic heterocycles. The Kier molecular flexibility index (Phi) is 29.3. The number of unbranched alkanes of at least 4 members (excludes halogenated alkanes) is 7. The molecule has 2 aliphatic rings. The third-order valence-electron chi connectivity index (χ3n) is 11.1. The van der Waals surface area contributed by atoms with Crippen LogP contribution in [0.3, 0.4) is 0 Å². The predicted molar refractivity (Wildman–Crippen MR) is 238 cm³/mol. The molecule has 22 nitrogen and oxygen atoms in total. The Hall–Kier alpha value is -3.58. The zero-order valence-corrected chi connectivity index (χ0v) is 39.3. The molecule has 0 saturated carbocycles. The van der Waals surface area contributed by atoms with Gasteiger partial charge in [-0.1, -0.05) is 33.1 Å². The number of carbonyl (C=O) groups is 6. The van der Waals surface area contributed by atoms with E-state index in [1.807, 2.05) is 13.8 Å². The first kappa shape index (κ1) is 58.5. The second-order valence-electron chi connectivity index (χ2n) is 17.5. The average molecular weight is 949 g/mol. The predicted octanol–water partition coefficient (Wildman–Crippen LogP) is -1.75. The van der Waals surface area contributed by atoms with Crippen molar-refractivity contribution in [2.75, 3.05) is 46.1 Å². The summed E-state index contributed by atoms with van der Waals surface area (Å²) in [6.45, 7) is 7.16. The maximum atomic E-state index is 13.3. The molecule has 0 aromatic carbocycles. The van der Waals surface area contributed by atoms with Crippen LogP contribution in [-0.2, 0) is 47.7 Å². The van der Waals surface area contributed by atoms with Gasteiger partial charge in [-0.25, -0.2) is 0 Å². The van der Waals surface area contributed by atoms with E-state index >= 15 is 0 Å². The van der Waals surface area contributed by atoms with E-state index in [-0.39, 0.29) is 49.7 Å². The lowest BCUT2D eigenvalue weighted by atomic mass is 9.97. The minimum absolute atomic E-state index is 0.000463. The Morgan fingerprint density at radius 2 is 0.985 bits per heavy atom. The standard InChI is InChI=1S/C44H80N6O16/c1-27(2)24-47-34(56)18-8-5-12-21-46-42(62)30(50-35(57)19-10-7-15-23-64-44-37(49-29(4)54)41(61)39(59)32(26-52)66-44)16-11-13-20-45-33(55)17-9-6-14-22-63-43-36(48-28(3)53)40(60)38(58)31(25-51)65-43/h27,30-32,36-41,43-44,51-52,58-61H,5-26H2,1-4H3,(H,45,55)(H,46,62)(H,47,56)(H,48,53)(H,49,54)(H,50,57)/t30-,31?,32?,36?,37?,38?,39?,40?,41?,43?,44?/m0/s1. The van der Waals surface area contributed by atoms with Gasteiger partial charge in [0.05, 0.1) is 13.2 Å². The zero-order valence-electron chi connectivity index (χ0n) is 39.3. The van der Waals surface area contributed by atoms with Crippen molar-refractivity contribution in [3.63, 3.8) is 0 Å². The van der Waals surface area contributed by atoms with Gasteiger partial charge in [-0.05, 0) is 63.7 Å². The summed E-state index contributed by atoms with van der Waals surface area (Å²) >= 11 is 0. The maximum Gasteiger partial charge on any atom is 0.242 e. The molecule has 2 rings (SSSR count). The molecule has 0 aliphatic carbocycles. The van der Waals surface area contributed by atoms with Gasteiger partial charge in [-0.15, -0.1) is 0 Å². The summed E-state index contributed by atoms with van der Waals surface area (Å²) in [6, 6.07) is -2.88. The fourth-order valence-electron chi connectivity index (χ4n) is 7.41. The second kappa shape index (κ2) is 33.0. The summed E-state index contributed by atoms with van der Waals surface area (Å²) in [5.41, 5.74) is 0. The van der Waals surface area contributed by atoms with E-state index in [4.69, 9.17) is 18.9 Å². The van der Waals surface area contributed by atoms with Gasteiger partial charge >= 0.3 is 0 Å². The Balaban J connectivity index is 1.76. The summed E-state index contributed by atoms with van der Waals surface area (Å²) in [5, 5.41) is 76.8. The molecule has 2 saturated heterocycles. The monoisotopic (exact) mass is 949 g/mol. The van der Waals surface area contributed by atoms with Crippen LogP contribution in [0.4, 0.5) is 0 Å². The SMILES string of the molecule is CC(=O)NC1C(OCCCCCC(=O)NCCCC[C@H](NC(=O)CCCCCOC2OC(CO)C(O)C(O)C2NC(C)=O)C(=O)NCCCCCC(=O)NCC(C)C)OC(CO)C(O)C1O. The van der Waals surface area contributed by atoms with Crippen LogP contribution < -0.4 is 31.9 Å². The number of rotatable bonds is 33. The number of amides is 6. The minimum atomic E-state index is -1.42. The van der Waals surface area contributed by atoms with Gasteiger partial charge in [0.15, 0.2) is 12.6 Å². The highest BCUT2D eigenvalue weighted by Gasteiger charge is 2.46. The second-order valence-corrected chi connectivity index (χ2v) is 17.5. The van der Waals surface area contributed by atoms with E-state index in [2.05, 4.69) is 31.9 Å². The number of carbonyl (C=O) groups excluding carboxylic acids is 6. The van der Waals surface area contributed by atoms with Crippen molar-refractivity contribution in [1.82, 2.24) is 31.9 Å². The number of hydrogen-bond donors (Lipinski definition) is 12. The van der Waals surface area contributed by atoms with Gasteiger partial charge in [-0.2, -0.15) is 0 Å². The van der Waals surface area contributed by atoms with Crippen molar-refractivity contribution in [3.8, 4) is 0 Å². The first-order valence-electron chi connectivity index (χ1n) is 23.6. The molecule has 2 fully saturated rings. The molecule has 10 unspecified atom stereocenters. The van der Waals surface area contributed by atoms with Crippen molar-refractivity contribution in [2.45, 2.75) is 191 Å². The van der Waals surface area contributed by atoms with Gasteiger partial charge in [0.25, 0.3) is 0 Å². The van der Waals surface area contributed by atoms with Crippen LogP contribution in [0, 0.1) is 5.92 Å². The summed E-state index contributed by atoms with van der Waals surface area (Å²) in [5.74, 6) is -1.32. The van der Waals surface area contributed by atoms with Crippen molar-refractivity contribution >= 4 is 35.4 Å². The van der Waals surface area contributed by atoms with Crippen LogP contribution >= 0.6 is 0 Å². The lowest BCUT2D eigenvalue weighted by Crippen LogP contribution is -2.64. The van der Waals surface area contributed by atoms with E-state index in [1.165, 1.54) is 13.8 Å². The normalized spacial score (nSPS) is 25.7. The van der Waals surface area contributed by atoms with Crippen LogP contribution in [0.1, 0.15) is 124 Å². The van der Waals surface area contributed by atoms with Gasteiger partial charge in [0.1, 0.15) is 54.7 Å². The molecule has 382 valence electrons. The molecule has 0 aromatic rings. The first-order chi connectivity index (χ1) is 31.5. The molecule has 12 N–H and O–H groups in total. The quantitative estimate of drug-likeness (QED) is 0.0325. The Labute approximate surface area is 388 Å². The molecular formula is C44H80N6O16. The molecule has 6 amide bonds. The number of aliphatic hydroxyl groups excluding tert-OH is 6. The molecule has 0 radical (unpaired) electrons. The highest BCUT2D eigenvalue weighted by molar-refractivity contribution is 5.87. The van der Waals surface area contributed by atoms with E-state index in [0.717, 1.165) is 6.42 Å². The molecular weight excluding hydrogens is 869 g/mol. The van der Waals surface area contributed by atoms with Crippen LogP contribution in [0.5, 0.6) is 0 Å². The lowest BCUT2D eigenvalue weighted by molar-refractivity contribution is -0.270. The van der Waals surface area contributed by atoms with Crippen LogP contribution in [0.25, 0.3) is 0 Å². The number of hydrogen-bond acceptors (Lipinski definition) is 16. The highest BCUT2D eigenvalue weighted by atomic mass is 16.7. The molecule has 2 heterocycles. The lowest BCUT2D eigenvalue weighted by Gasteiger charge is -2.42. The van der Waals surface area contributed by atoms with Crippen LogP contribution in [-0.4, -0.2) is 179 Å². The average Bonchev–Trinajstić information content (AvgIpc) is 3.27. The smallest absolute Gasteiger partial charge is 0.242 e. The van der Waals surface area contributed by atoms with E-state index in [0.29, 0.717) is 103 Å². The number of nitrogens with one attached hydrogen (secondary N) is 6. The summed E-state index contributed by atoms with van der Waals surface area (Å²) < 4.78 is 22.6. The van der Waals surface area contributed by atoms with E-state index in [9.17, 15) is 59.4 Å². The number of ether oxygens (including phenoxy) is 4. The highest BCUT2D eigenvalue weighted by Crippen LogP contribution is 2.24. The minimum Gasteiger partial charge on any atom is -0.394 e. The van der Waals surface area contributed by atoms with E-state index in [1.54, 1.807) is 0 Å². The summed E-state index contributed by atoms with van der Waals surface area (Å²) in [6.07, 6.45) is -2.39. The molecule has 11 atom stereocenters. The fourth-order valence-corrected chi connectivity index (χ4v) is 7.41. The molecule has 0 spiro atoms. The van der Waals surface area contributed by atoms with Gasteiger partial charge in [0.2, 0.25) is 35.4 Å². The Morgan fingerprint density at radius 3 is 1.45 bits per heavy atom. The van der Waals surface area contributed by atoms with Crippen LogP contribution in [0.2, 0.25) is 0 Å². The van der Waals surface area contributed by atoms with Crippen molar-refractivity contribution in [2.24, 2.45) is 5.92 Å². The third kappa shape index (κ3) is 22.9. The zero-order chi connectivity index (χ0) is 49.0. The molecule has 22 heteroatoms. The van der Waals surface area contributed by atoms with Crippen molar-refractivity contribution < 1.29 is 78.4 Å². The fraction of sp³-hybridized carbons (Fsp3) is 0.864. The summed E-state index contributed by atoms with van der Waals surface area (Å²) in [4.78, 5) is 74.1. The van der Waals surface area contributed by atoms with Gasteiger partial charge < -0.3 is 81.5 Å². The van der Waals surface area contributed by atoms with Crippen molar-refractivity contribution in [1.29, 1.82) is 0 Å². The Morgan fingerprint density at radius 1 is 0.545 bits per heavy atom. The Bertz CT molecular complexity index is 1450. The molecule has 0 bridgehead atoms. The van der Waals surface area contributed by atoms with Gasteiger partial charge in [-0.3, -0.25) is 28.8 Å². The first-order valence-corrected chi connectivity index (χ1v) is 23.6. The van der Waals surface area contributed by atoms with E-state index < -0.39 is 92.4 Å². The largest absolute Gasteiger partial charge is 0.394 e. The molecule has 0 aromatic heterocycles. The maximum absolute atomic E-state index is 13.3. The topological polar surface area (TPSA) is 333 Å². The number of aliphatic hydroxyl groups is 6. The molecule has 66 heavy (non-hydrogen) atoms. The van der Waals surface area contributed by atoms with Gasteiger partial charge in [0, 0.05) is 66.0 Å². The van der Waals surface area contributed by atoms with Crippen molar-refractivity contribution in [3.05, 3.63) is 0 Å². The third-order valence-corrected chi connectivity index (χ3v) is 11.1. The van der Waals surface area contributed by atoms with Crippen LogP contribution in [0.15, 0.2) is 0 Å². The summed E-state index contributed by atoms with van der Waals surface area (Å²) in [7, 11) is 0.